The monoisotopic (exact) mass is 1030 g/mol. The van der Waals surface area contributed by atoms with Gasteiger partial charge in [-0.2, -0.15) is 0 Å². The largest absolute Gasteiger partial charge is 0.0654 e. The van der Waals surface area contributed by atoms with Gasteiger partial charge in [0.15, 0.2) is 0 Å². The molecule has 0 saturated carbocycles. The SMILES string of the molecule is CCCCCCCCCCCCCc1ccc2c(c1)c1c(CCCCCCCCCCCCC)ccc3c4ccc(CCCCCCCCCCCCC)cc4c4c(CCCCCCCCCCCCC)ccc2c4c31. The summed E-state index contributed by atoms with van der Waals surface area (Å²) in [7, 11) is 0. The molecule has 0 aliphatic rings. The average molecular weight is 1030 g/mol. The highest BCUT2D eigenvalue weighted by Gasteiger charge is 2.22. The summed E-state index contributed by atoms with van der Waals surface area (Å²) in [6, 6.07) is 25.9. The van der Waals surface area contributed by atoms with Gasteiger partial charge in [-0.3, -0.25) is 0 Å². The number of aryl methyl sites for hydroxylation is 4. The van der Waals surface area contributed by atoms with Crippen molar-refractivity contribution in [3.05, 3.63) is 82.9 Å². The van der Waals surface area contributed by atoms with Crippen molar-refractivity contribution in [1.82, 2.24) is 0 Å². The molecule has 0 nitrogen and oxygen atoms in total. The Balaban J connectivity index is 1.26. The quantitative estimate of drug-likeness (QED) is 0.0203. The van der Waals surface area contributed by atoms with E-state index in [2.05, 4.69) is 88.4 Å². The summed E-state index contributed by atoms with van der Waals surface area (Å²) in [5.41, 5.74) is 6.30. The lowest BCUT2D eigenvalue weighted by atomic mass is 9.81. The molecular weight excluding hydrogens is 913 g/mol. The standard InChI is InChI=1S/C76H118/c1-5-9-13-17-21-25-29-33-37-41-45-49-63-53-57-67-69-59-56-66(52-48-44-40-36-32-28-24-20-16-12-8-4)74-72-62-64(50-46-42-38-34-30-26-22-18-14-10-6-2)54-58-68(72)70-60-55-65(73(71(67)61-63)75(70)76(69)74)51-47-43-39-35-31-27-23-19-15-11-7-3/h53-62H,5-52H2,1-4H3. The minimum atomic E-state index is 1.19. The molecular formula is C76H118. The lowest BCUT2D eigenvalue weighted by Crippen LogP contribution is -1.98. The van der Waals surface area contributed by atoms with Crippen LogP contribution >= 0.6 is 0 Å². The van der Waals surface area contributed by atoms with E-state index >= 15 is 0 Å². The number of rotatable bonds is 48. The molecule has 0 heteroatoms. The molecule has 422 valence electrons. The van der Waals surface area contributed by atoms with E-state index in [0.717, 1.165) is 0 Å². The molecule has 76 heavy (non-hydrogen) atoms. The van der Waals surface area contributed by atoms with Gasteiger partial charge in [0.25, 0.3) is 0 Å². The molecule has 6 aromatic carbocycles. The molecule has 0 aromatic heterocycles. The third-order valence-corrected chi connectivity index (χ3v) is 18.4. The zero-order valence-electron chi connectivity index (χ0n) is 50.7. The molecule has 6 aromatic rings. The van der Waals surface area contributed by atoms with Crippen molar-refractivity contribution in [2.45, 2.75) is 336 Å². The Hall–Kier alpha value is -3.12. The van der Waals surface area contributed by atoms with Gasteiger partial charge in [0, 0.05) is 0 Å². The van der Waals surface area contributed by atoms with E-state index in [9.17, 15) is 0 Å². The summed E-state index contributed by atoms with van der Waals surface area (Å²) in [6.45, 7) is 9.31. The molecule has 0 unspecified atom stereocenters. The van der Waals surface area contributed by atoms with Crippen LogP contribution in [-0.4, -0.2) is 0 Å². The van der Waals surface area contributed by atoms with E-state index < -0.39 is 0 Å². The van der Waals surface area contributed by atoms with Crippen LogP contribution in [0.5, 0.6) is 0 Å². The van der Waals surface area contributed by atoms with Crippen LogP contribution in [0, 0.1) is 0 Å². The van der Waals surface area contributed by atoms with E-state index in [1.54, 1.807) is 43.8 Å². The molecule has 0 fully saturated rings. The second-order valence-corrected chi connectivity index (χ2v) is 24.9. The first kappa shape index (κ1) is 62.1. The van der Waals surface area contributed by atoms with Crippen molar-refractivity contribution < 1.29 is 0 Å². The van der Waals surface area contributed by atoms with Gasteiger partial charge in [-0.1, -0.05) is 345 Å². The highest BCUT2D eigenvalue weighted by molar-refractivity contribution is 6.40. The fraction of sp³-hybridized carbons (Fsp3) is 0.684. The summed E-state index contributed by atoms with van der Waals surface area (Å²) in [5.74, 6) is 0. The van der Waals surface area contributed by atoms with Crippen molar-refractivity contribution in [2.75, 3.05) is 0 Å². The van der Waals surface area contributed by atoms with Gasteiger partial charge >= 0.3 is 0 Å². The van der Waals surface area contributed by atoms with Crippen LogP contribution in [0.2, 0.25) is 0 Å². The van der Waals surface area contributed by atoms with Crippen LogP contribution in [0.3, 0.4) is 0 Å². The van der Waals surface area contributed by atoms with Gasteiger partial charge in [-0.25, -0.2) is 0 Å². The van der Waals surface area contributed by atoms with Crippen molar-refractivity contribution in [2.24, 2.45) is 0 Å². The van der Waals surface area contributed by atoms with Crippen LogP contribution in [0.25, 0.3) is 53.9 Å². The second-order valence-electron chi connectivity index (χ2n) is 24.9. The summed E-state index contributed by atoms with van der Waals surface area (Å²) >= 11 is 0. The van der Waals surface area contributed by atoms with Gasteiger partial charge in [0.1, 0.15) is 0 Å². The van der Waals surface area contributed by atoms with Gasteiger partial charge < -0.3 is 0 Å². The van der Waals surface area contributed by atoms with Crippen molar-refractivity contribution >= 4 is 53.9 Å². The van der Waals surface area contributed by atoms with Crippen LogP contribution in [-0.2, 0) is 25.7 Å². The lowest BCUT2D eigenvalue weighted by Gasteiger charge is -2.22. The van der Waals surface area contributed by atoms with E-state index in [-0.39, 0.29) is 0 Å². The zero-order valence-corrected chi connectivity index (χ0v) is 50.7. The Morgan fingerprint density at radius 1 is 0.184 bits per heavy atom. The Morgan fingerprint density at radius 2 is 0.408 bits per heavy atom. The van der Waals surface area contributed by atoms with Crippen LogP contribution in [0.15, 0.2) is 60.7 Å². The maximum absolute atomic E-state index is 2.68. The van der Waals surface area contributed by atoms with Crippen LogP contribution in [0.1, 0.15) is 332 Å². The predicted octanol–water partition coefficient (Wildman–Crippen LogP) is 26.3. The molecule has 0 radical (unpaired) electrons. The molecule has 0 amide bonds. The highest BCUT2D eigenvalue weighted by Crippen LogP contribution is 2.48. The van der Waals surface area contributed by atoms with Gasteiger partial charge in [-0.15, -0.1) is 0 Å². The maximum Gasteiger partial charge on any atom is -0.00110 e. The van der Waals surface area contributed by atoms with Crippen molar-refractivity contribution in [1.29, 1.82) is 0 Å². The van der Waals surface area contributed by atoms with E-state index in [1.165, 1.54) is 341 Å². The first-order chi connectivity index (χ1) is 37.7. The molecule has 0 heterocycles. The Bertz CT molecular complexity index is 2240. The van der Waals surface area contributed by atoms with Gasteiger partial charge in [0.2, 0.25) is 0 Å². The summed E-state index contributed by atoms with van der Waals surface area (Å²) in [6.07, 6.45) is 66.4. The Morgan fingerprint density at radius 3 is 0.671 bits per heavy atom. The predicted molar refractivity (Wildman–Crippen MR) is 346 cm³/mol. The van der Waals surface area contributed by atoms with Gasteiger partial charge in [-0.05, 0) is 127 Å². The molecule has 0 aliphatic carbocycles. The number of hydrogen-bond donors (Lipinski definition) is 0. The zero-order chi connectivity index (χ0) is 53.1. The third kappa shape index (κ3) is 20.8. The van der Waals surface area contributed by atoms with Crippen LogP contribution in [0.4, 0.5) is 0 Å². The summed E-state index contributed by atoms with van der Waals surface area (Å²) < 4.78 is 0. The van der Waals surface area contributed by atoms with Crippen LogP contribution < -0.4 is 0 Å². The summed E-state index contributed by atoms with van der Waals surface area (Å²) in [5, 5.41) is 15.4. The van der Waals surface area contributed by atoms with Gasteiger partial charge in [0.05, 0.1) is 0 Å². The molecule has 0 spiro atoms. The number of fused-ring (bicyclic) bond motifs is 6. The minimum Gasteiger partial charge on any atom is -0.0654 e. The fourth-order valence-corrected chi connectivity index (χ4v) is 13.6. The second kappa shape index (κ2) is 38.5. The number of benzene rings is 6. The fourth-order valence-electron chi connectivity index (χ4n) is 13.6. The molecule has 0 atom stereocenters. The Labute approximate surface area is 470 Å². The maximum atomic E-state index is 2.68. The Kier molecular flexibility index (Phi) is 31.4. The minimum absolute atomic E-state index is 1.19. The molecule has 0 bridgehead atoms. The topological polar surface area (TPSA) is 0 Å². The third-order valence-electron chi connectivity index (χ3n) is 18.4. The van der Waals surface area contributed by atoms with E-state index in [1.807, 2.05) is 0 Å². The van der Waals surface area contributed by atoms with Crippen molar-refractivity contribution in [3.63, 3.8) is 0 Å². The van der Waals surface area contributed by atoms with Crippen molar-refractivity contribution in [3.8, 4) is 0 Å². The average Bonchev–Trinajstić information content (AvgIpc) is 3.56. The smallest absolute Gasteiger partial charge is 0.00110 e. The first-order valence-electron chi connectivity index (χ1n) is 34.3. The first-order valence-corrected chi connectivity index (χ1v) is 34.3. The van der Waals surface area contributed by atoms with E-state index in [4.69, 9.17) is 0 Å². The molecule has 6 rings (SSSR count). The molecule has 0 N–H and O–H groups in total. The lowest BCUT2D eigenvalue weighted by molar-refractivity contribution is 0.549. The van der Waals surface area contributed by atoms with E-state index in [0.29, 0.717) is 0 Å². The molecule has 0 saturated heterocycles. The highest BCUT2D eigenvalue weighted by atomic mass is 14.2. The number of unbranched alkanes of at least 4 members (excludes halogenated alkanes) is 40. The number of hydrogen-bond acceptors (Lipinski definition) is 0. The summed E-state index contributed by atoms with van der Waals surface area (Å²) in [4.78, 5) is 0. The molecule has 0 aliphatic heterocycles. The normalized spacial score (nSPS) is 12.1.